The molecule has 0 saturated carbocycles. The van der Waals surface area contributed by atoms with E-state index in [0.717, 1.165) is 6.08 Å². The number of rotatable bonds is 2. The highest BCUT2D eigenvalue weighted by Crippen LogP contribution is 2.22. The zero-order chi connectivity index (χ0) is 8.27. The predicted molar refractivity (Wildman–Crippen MR) is 38.5 cm³/mol. The van der Waals surface area contributed by atoms with Gasteiger partial charge in [0.1, 0.15) is 12.1 Å². The van der Waals surface area contributed by atoms with Crippen molar-refractivity contribution < 1.29 is 14.3 Å². The van der Waals surface area contributed by atoms with Gasteiger partial charge in [0.15, 0.2) is 0 Å². The predicted octanol–water partition coefficient (Wildman–Crippen LogP) is 0.977. The normalized spacial score (nSPS) is 24.0. The Hall–Kier alpha value is -0.960. The molecule has 0 amide bonds. The summed E-state index contributed by atoms with van der Waals surface area (Å²) in [5.41, 5.74) is 0.340. The maximum Gasteiger partial charge on any atom is 0.146 e. The van der Waals surface area contributed by atoms with E-state index >= 15 is 0 Å². The highest BCUT2D eigenvalue weighted by molar-refractivity contribution is 5.75. The van der Waals surface area contributed by atoms with E-state index in [1.807, 2.05) is 0 Å². The van der Waals surface area contributed by atoms with Crippen LogP contribution >= 0.6 is 0 Å². The Balaban J connectivity index is 2.79. The first kappa shape index (κ1) is 8.14. The van der Waals surface area contributed by atoms with E-state index in [1.54, 1.807) is 0 Å². The first-order valence-corrected chi connectivity index (χ1v) is 3.41. The van der Waals surface area contributed by atoms with Gasteiger partial charge in [0, 0.05) is 11.5 Å². The molecule has 1 aliphatic carbocycles. The average molecular weight is 156 g/mol. The molecule has 0 heterocycles. The zero-order valence-corrected chi connectivity index (χ0v) is 5.96. The molecule has 2 nitrogen and oxygen atoms in total. The molecular weight excluding hydrogens is 147 g/mol. The Labute approximate surface area is 64.0 Å². The molecule has 0 saturated heterocycles. The fourth-order valence-electron chi connectivity index (χ4n) is 1.04. The van der Waals surface area contributed by atoms with Crippen LogP contribution in [0.1, 0.15) is 6.42 Å². The van der Waals surface area contributed by atoms with Crippen LogP contribution in [-0.4, -0.2) is 18.0 Å². The fourth-order valence-corrected chi connectivity index (χ4v) is 1.04. The topological polar surface area (TPSA) is 37.3 Å². The number of aliphatic hydroxyl groups excluding tert-OH is 1. The van der Waals surface area contributed by atoms with Gasteiger partial charge in [-0.15, -0.1) is 0 Å². The van der Waals surface area contributed by atoms with Crippen molar-refractivity contribution in [3.63, 3.8) is 0 Å². The third-order valence-corrected chi connectivity index (χ3v) is 1.73. The molecular formula is C8H9FO2. The molecule has 1 N–H and O–H groups in total. The van der Waals surface area contributed by atoms with Gasteiger partial charge in [-0.25, -0.2) is 4.39 Å². The van der Waals surface area contributed by atoms with Crippen LogP contribution < -0.4 is 0 Å². The lowest BCUT2D eigenvalue weighted by atomic mass is 9.93. The lowest BCUT2D eigenvalue weighted by Gasteiger charge is -2.14. The van der Waals surface area contributed by atoms with Crippen molar-refractivity contribution in [1.29, 1.82) is 0 Å². The molecule has 11 heavy (non-hydrogen) atoms. The molecule has 0 aliphatic heterocycles. The van der Waals surface area contributed by atoms with E-state index in [2.05, 4.69) is 0 Å². The van der Waals surface area contributed by atoms with Crippen molar-refractivity contribution in [2.24, 2.45) is 5.92 Å². The van der Waals surface area contributed by atoms with Crippen molar-refractivity contribution in [3.8, 4) is 0 Å². The van der Waals surface area contributed by atoms with E-state index in [0.29, 0.717) is 18.3 Å². The number of aldehydes is 1. The van der Waals surface area contributed by atoms with Gasteiger partial charge >= 0.3 is 0 Å². The Morgan fingerprint density at radius 3 is 3.09 bits per heavy atom. The second-order valence-corrected chi connectivity index (χ2v) is 2.47. The van der Waals surface area contributed by atoms with E-state index in [9.17, 15) is 9.18 Å². The summed E-state index contributed by atoms with van der Waals surface area (Å²) < 4.78 is 12.5. The molecule has 0 aromatic heterocycles. The van der Waals surface area contributed by atoms with Crippen molar-refractivity contribution in [2.75, 3.05) is 6.61 Å². The summed E-state index contributed by atoms with van der Waals surface area (Å²) in [6, 6.07) is 0. The minimum absolute atomic E-state index is 0.103. The minimum atomic E-state index is -0.392. The number of carbonyl (C=O) groups excluding carboxylic acids is 1. The number of aliphatic hydroxyl groups is 1. The lowest BCUT2D eigenvalue weighted by molar-refractivity contribution is -0.105. The molecule has 1 aliphatic rings. The first-order valence-electron chi connectivity index (χ1n) is 3.41. The van der Waals surface area contributed by atoms with Crippen LogP contribution in [0.4, 0.5) is 4.39 Å². The van der Waals surface area contributed by atoms with E-state index in [4.69, 9.17) is 5.11 Å². The van der Waals surface area contributed by atoms with Gasteiger partial charge in [0.25, 0.3) is 0 Å². The molecule has 0 spiro atoms. The summed E-state index contributed by atoms with van der Waals surface area (Å²) in [5, 5.41) is 8.73. The number of allylic oxidation sites excluding steroid dienone is 3. The van der Waals surface area contributed by atoms with Crippen LogP contribution in [-0.2, 0) is 4.79 Å². The Bertz CT molecular complexity index is 218. The molecule has 60 valence electrons. The van der Waals surface area contributed by atoms with Crippen LogP contribution in [0.3, 0.4) is 0 Å². The first-order chi connectivity index (χ1) is 5.27. The van der Waals surface area contributed by atoms with Crippen LogP contribution in [0.25, 0.3) is 0 Å². The Morgan fingerprint density at radius 2 is 2.55 bits per heavy atom. The number of hydrogen-bond acceptors (Lipinski definition) is 2. The highest BCUT2D eigenvalue weighted by Gasteiger charge is 2.16. The summed E-state index contributed by atoms with van der Waals surface area (Å²) in [4.78, 5) is 10.3. The summed E-state index contributed by atoms with van der Waals surface area (Å²) in [5.74, 6) is -0.608. The third kappa shape index (κ3) is 1.74. The van der Waals surface area contributed by atoms with Gasteiger partial charge in [0.05, 0.1) is 6.61 Å². The third-order valence-electron chi connectivity index (χ3n) is 1.73. The quantitative estimate of drug-likeness (QED) is 0.605. The van der Waals surface area contributed by atoms with Crippen LogP contribution in [0.2, 0.25) is 0 Å². The van der Waals surface area contributed by atoms with Gasteiger partial charge in [-0.1, -0.05) is 0 Å². The van der Waals surface area contributed by atoms with Crippen molar-refractivity contribution in [2.45, 2.75) is 6.42 Å². The monoisotopic (exact) mass is 156 g/mol. The second kappa shape index (κ2) is 3.44. The van der Waals surface area contributed by atoms with E-state index in [-0.39, 0.29) is 12.5 Å². The summed E-state index contributed by atoms with van der Waals surface area (Å²) in [7, 11) is 0. The largest absolute Gasteiger partial charge is 0.396 e. The number of hydrogen-bond donors (Lipinski definition) is 1. The molecule has 0 fully saturated rings. The van der Waals surface area contributed by atoms with Crippen molar-refractivity contribution >= 4 is 6.29 Å². The fraction of sp³-hybridized carbons (Fsp3) is 0.375. The molecule has 1 unspecified atom stereocenters. The van der Waals surface area contributed by atoms with Gasteiger partial charge < -0.3 is 5.11 Å². The Morgan fingerprint density at radius 1 is 1.82 bits per heavy atom. The average Bonchev–Trinajstić information content (AvgIpc) is 2.04. The summed E-state index contributed by atoms with van der Waals surface area (Å²) in [6.45, 7) is -0.103. The van der Waals surface area contributed by atoms with E-state index in [1.165, 1.54) is 6.08 Å². The van der Waals surface area contributed by atoms with Gasteiger partial charge in [-0.05, 0) is 18.6 Å². The van der Waals surface area contributed by atoms with Crippen LogP contribution in [0.5, 0.6) is 0 Å². The second-order valence-electron chi connectivity index (χ2n) is 2.47. The Kier molecular flexibility index (Phi) is 2.54. The zero-order valence-electron chi connectivity index (χ0n) is 5.96. The van der Waals surface area contributed by atoms with Gasteiger partial charge in [-0.3, -0.25) is 4.79 Å². The standard InChI is InChI=1S/C8H9FO2/c9-8-2-1-6(4-10)7(3-8)5-11/h2-3,5-6,10H,1,4H2. The SMILES string of the molecule is O=CC1=CC(F)=CCC1CO. The highest BCUT2D eigenvalue weighted by atomic mass is 19.1. The van der Waals surface area contributed by atoms with E-state index < -0.39 is 5.83 Å². The molecule has 1 atom stereocenters. The van der Waals surface area contributed by atoms with Gasteiger partial charge in [-0.2, -0.15) is 0 Å². The summed E-state index contributed by atoms with van der Waals surface area (Å²) in [6.07, 6.45) is 3.53. The van der Waals surface area contributed by atoms with Crippen LogP contribution in [0, 0.1) is 5.92 Å². The molecule has 0 radical (unpaired) electrons. The molecule has 0 bridgehead atoms. The minimum Gasteiger partial charge on any atom is -0.396 e. The molecule has 0 aromatic carbocycles. The molecule has 3 heteroatoms. The van der Waals surface area contributed by atoms with Gasteiger partial charge in [0.2, 0.25) is 0 Å². The van der Waals surface area contributed by atoms with Crippen LogP contribution in [0.15, 0.2) is 23.6 Å². The molecule has 0 aromatic rings. The number of carbonyl (C=O) groups is 1. The smallest absolute Gasteiger partial charge is 0.146 e. The maximum absolute atomic E-state index is 12.5. The number of halogens is 1. The lowest BCUT2D eigenvalue weighted by Crippen LogP contribution is -2.12. The van der Waals surface area contributed by atoms with Crippen molar-refractivity contribution in [3.05, 3.63) is 23.6 Å². The maximum atomic E-state index is 12.5. The molecule has 1 rings (SSSR count). The summed E-state index contributed by atoms with van der Waals surface area (Å²) >= 11 is 0. The van der Waals surface area contributed by atoms with Crippen molar-refractivity contribution in [1.82, 2.24) is 0 Å².